The highest BCUT2D eigenvalue weighted by Gasteiger charge is 2.19. The molecule has 1 aromatic rings. The maximum atomic E-state index is 10.8. The second-order valence-corrected chi connectivity index (χ2v) is 3.68. The lowest BCUT2D eigenvalue weighted by atomic mass is 9.97. The molecule has 0 spiro atoms. The zero-order valence-electron chi connectivity index (χ0n) is 8.66. The molecule has 1 aliphatic rings. The lowest BCUT2D eigenvalue weighted by Crippen LogP contribution is -2.14. The quantitative estimate of drug-likeness (QED) is 0.803. The molecule has 1 N–H and O–H groups in total. The van der Waals surface area contributed by atoms with E-state index < -0.39 is 0 Å². The molecule has 1 amide bonds. The fraction of sp³-hybridized carbons (Fsp3) is 0.600. The molecule has 2 heterocycles. The van der Waals surface area contributed by atoms with Gasteiger partial charge >= 0.3 is 0 Å². The van der Waals surface area contributed by atoms with E-state index in [1.165, 1.54) is 6.92 Å². The number of anilines is 1. The summed E-state index contributed by atoms with van der Waals surface area (Å²) in [5.41, 5.74) is 0.905. The van der Waals surface area contributed by atoms with E-state index in [0.29, 0.717) is 11.8 Å². The Balaban J connectivity index is 2.02. The number of nitrogens with one attached hydrogen (secondary N) is 1. The molecule has 82 valence electrons. The van der Waals surface area contributed by atoms with Crippen molar-refractivity contribution in [1.29, 1.82) is 0 Å². The average Bonchev–Trinajstić information content (AvgIpc) is 2.67. The third-order valence-electron chi connectivity index (χ3n) is 2.47. The third-order valence-corrected chi connectivity index (χ3v) is 2.47. The Hall–Kier alpha value is -1.36. The van der Waals surface area contributed by atoms with E-state index in [0.717, 1.165) is 31.7 Å². The van der Waals surface area contributed by atoms with Crippen molar-refractivity contribution in [3.63, 3.8) is 0 Å². The number of rotatable bonds is 2. The van der Waals surface area contributed by atoms with Crippen LogP contribution < -0.4 is 5.32 Å². The second kappa shape index (κ2) is 4.44. The van der Waals surface area contributed by atoms with Crippen LogP contribution in [0.2, 0.25) is 0 Å². The Morgan fingerprint density at radius 1 is 1.53 bits per heavy atom. The predicted octanol–water partition coefficient (Wildman–Crippen LogP) is 1.53. The van der Waals surface area contributed by atoms with Crippen LogP contribution in [0.1, 0.15) is 31.4 Å². The molecule has 5 nitrogen and oxygen atoms in total. The predicted molar refractivity (Wildman–Crippen MR) is 53.6 cm³/mol. The Labute approximate surface area is 87.8 Å². The summed E-state index contributed by atoms with van der Waals surface area (Å²) >= 11 is 0. The second-order valence-electron chi connectivity index (χ2n) is 3.68. The highest BCUT2D eigenvalue weighted by Crippen LogP contribution is 2.27. The molecule has 1 saturated heterocycles. The number of ether oxygens (including phenoxy) is 1. The highest BCUT2D eigenvalue weighted by molar-refractivity contribution is 5.87. The van der Waals surface area contributed by atoms with Gasteiger partial charge in [0.15, 0.2) is 0 Å². The molecule has 0 atom stereocenters. The standard InChI is InChI=1S/C10H14N2O3/c1-7(13)11-10-6-9(12-15-10)8-2-4-14-5-3-8/h6,8H,2-5H2,1H3,(H,11,13). The summed E-state index contributed by atoms with van der Waals surface area (Å²) < 4.78 is 10.3. The van der Waals surface area contributed by atoms with Gasteiger partial charge in [0.2, 0.25) is 11.8 Å². The number of nitrogens with zero attached hydrogens (tertiary/aromatic N) is 1. The number of hydrogen-bond donors (Lipinski definition) is 1. The van der Waals surface area contributed by atoms with Crippen LogP contribution in [0.15, 0.2) is 10.6 Å². The normalized spacial score (nSPS) is 17.7. The minimum atomic E-state index is -0.148. The van der Waals surface area contributed by atoms with Gasteiger partial charge < -0.3 is 9.26 Å². The van der Waals surface area contributed by atoms with E-state index >= 15 is 0 Å². The molecule has 2 rings (SSSR count). The monoisotopic (exact) mass is 210 g/mol. The number of carbonyl (C=O) groups is 1. The van der Waals surface area contributed by atoms with Gasteiger partial charge in [0, 0.05) is 32.1 Å². The van der Waals surface area contributed by atoms with E-state index in [9.17, 15) is 4.79 Å². The Morgan fingerprint density at radius 2 is 2.27 bits per heavy atom. The van der Waals surface area contributed by atoms with Crippen LogP contribution in [0.5, 0.6) is 0 Å². The van der Waals surface area contributed by atoms with Gasteiger partial charge in [-0.1, -0.05) is 5.16 Å². The smallest absolute Gasteiger partial charge is 0.231 e. The zero-order chi connectivity index (χ0) is 10.7. The molecular formula is C10H14N2O3. The number of amides is 1. The van der Waals surface area contributed by atoms with Crippen LogP contribution in [0.25, 0.3) is 0 Å². The van der Waals surface area contributed by atoms with E-state index in [-0.39, 0.29) is 5.91 Å². The van der Waals surface area contributed by atoms with Crippen LogP contribution in [0.4, 0.5) is 5.88 Å². The van der Waals surface area contributed by atoms with E-state index in [1.54, 1.807) is 6.07 Å². The topological polar surface area (TPSA) is 64.4 Å². The summed E-state index contributed by atoms with van der Waals surface area (Å²) in [4.78, 5) is 10.8. The first-order valence-corrected chi connectivity index (χ1v) is 5.07. The summed E-state index contributed by atoms with van der Waals surface area (Å²) in [6.07, 6.45) is 1.93. The van der Waals surface area contributed by atoms with Crippen molar-refractivity contribution in [1.82, 2.24) is 5.16 Å². The minimum Gasteiger partial charge on any atom is -0.381 e. The lowest BCUT2D eigenvalue weighted by Gasteiger charge is -2.19. The molecule has 5 heteroatoms. The van der Waals surface area contributed by atoms with Crippen molar-refractivity contribution in [2.24, 2.45) is 0 Å². The van der Waals surface area contributed by atoms with Crippen molar-refractivity contribution in [2.75, 3.05) is 18.5 Å². The van der Waals surface area contributed by atoms with E-state index in [4.69, 9.17) is 9.26 Å². The van der Waals surface area contributed by atoms with Crippen molar-refractivity contribution < 1.29 is 14.1 Å². The Kier molecular flexibility index (Phi) is 3.01. The molecule has 0 aromatic carbocycles. The van der Waals surface area contributed by atoms with Gasteiger partial charge in [-0.25, -0.2) is 0 Å². The summed E-state index contributed by atoms with van der Waals surface area (Å²) in [6, 6.07) is 1.79. The summed E-state index contributed by atoms with van der Waals surface area (Å²) in [7, 11) is 0. The number of aromatic nitrogens is 1. The first-order valence-electron chi connectivity index (χ1n) is 5.07. The summed E-state index contributed by atoms with van der Waals surface area (Å²) in [6.45, 7) is 2.98. The van der Waals surface area contributed by atoms with Gasteiger partial charge in [-0.2, -0.15) is 0 Å². The van der Waals surface area contributed by atoms with Crippen LogP contribution in [0.3, 0.4) is 0 Å². The number of hydrogen-bond acceptors (Lipinski definition) is 4. The van der Waals surface area contributed by atoms with Crippen molar-refractivity contribution in [3.8, 4) is 0 Å². The molecule has 0 unspecified atom stereocenters. The van der Waals surface area contributed by atoms with Gasteiger partial charge in [0.1, 0.15) is 0 Å². The van der Waals surface area contributed by atoms with Gasteiger partial charge in [0.25, 0.3) is 0 Å². The maximum absolute atomic E-state index is 10.8. The van der Waals surface area contributed by atoms with Crippen molar-refractivity contribution in [2.45, 2.75) is 25.7 Å². The fourth-order valence-electron chi connectivity index (χ4n) is 1.71. The molecule has 1 fully saturated rings. The maximum Gasteiger partial charge on any atom is 0.231 e. The Morgan fingerprint density at radius 3 is 2.93 bits per heavy atom. The average molecular weight is 210 g/mol. The third kappa shape index (κ3) is 2.56. The van der Waals surface area contributed by atoms with Gasteiger partial charge in [-0.3, -0.25) is 10.1 Å². The van der Waals surface area contributed by atoms with Crippen LogP contribution in [-0.2, 0) is 9.53 Å². The highest BCUT2D eigenvalue weighted by atomic mass is 16.5. The molecule has 0 saturated carbocycles. The SMILES string of the molecule is CC(=O)Nc1cc(C2CCOCC2)no1. The minimum absolute atomic E-state index is 0.148. The van der Waals surface area contributed by atoms with Gasteiger partial charge in [-0.05, 0) is 12.8 Å². The van der Waals surface area contributed by atoms with Crippen LogP contribution in [-0.4, -0.2) is 24.3 Å². The van der Waals surface area contributed by atoms with Crippen LogP contribution in [0, 0.1) is 0 Å². The summed E-state index contributed by atoms with van der Waals surface area (Å²) in [5.74, 6) is 0.665. The van der Waals surface area contributed by atoms with E-state index in [1.807, 2.05) is 0 Å². The van der Waals surface area contributed by atoms with Crippen molar-refractivity contribution in [3.05, 3.63) is 11.8 Å². The molecule has 1 aromatic heterocycles. The van der Waals surface area contributed by atoms with Crippen molar-refractivity contribution >= 4 is 11.8 Å². The molecule has 0 radical (unpaired) electrons. The molecular weight excluding hydrogens is 196 g/mol. The summed E-state index contributed by atoms with van der Waals surface area (Å²) in [5, 5.41) is 6.51. The zero-order valence-corrected chi connectivity index (χ0v) is 8.66. The molecule has 0 aliphatic carbocycles. The molecule has 15 heavy (non-hydrogen) atoms. The van der Waals surface area contributed by atoms with Crippen LogP contribution >= 0.6 is 0 Å². The van der Waals surface area contributed by atoms with Gasteiger partial charge in [0.05, 0.1) is 5.69 Å². The first-order chi connectivity index (χ1) is 7.25. The van der Waals surface area contributed by atoms with Gasteiger partial charge in [-0.15, -0.1) is 0 Å². The molecule has 1 aliphatic heterocycles. The lowest BCUT2D eigenvalue weighted by molar-refractivity contribution is -0.114. The first kappa shape index (κ1) is 10.2. The number of carbonyl (C=O) groups excluding carboxylic acids is 1. The largest absolute Gasteiger partial charge is 0.381 e. The van der Waals surface area contributed by atoms with E-state index in [2.05, 4.69) is 10.5 Å². The Bertz CT molecular complexity index is 342. The molecule has 0 bridgehead atoms. The fourth-order valence-corrected chi connectivity index (χ4v) is 1.71.